The predicted octanol–water partition coefficient (Wildman–Crippen LogP) is 0.643. The van der Waals surface area contributed by atoms with Crippen LogP contribution >= 0.6 is 0 Å². The van der Waals surface area contributed by atoms with Crippen molar-refractivity contribution in [3.63, 3.8) is 0 Å². The van der Waals surface area contributed by atoms with Crippen molar-refractivity contribution < 1.29 is 38.1 Å². The lowest BCUT2D eigenvalue weighted by Crippen LogP contribution is -2.60. The van der Waals surface area contributed by atoms with Crippen molar-refractivity contribution in [1.82, 2.24) is 10.6 Å². The Labute approximate surface area is 197 Å². The van der Waals surface area contributed by atoms with Crippen LogP contribution in [-0.2, 0) is 38.1 Å². The lowest BCUT2D eigenvalue weighted by molar-refractivity contribution is -0.231. The number of nitrogens with one attached hydrogen (secondary N) is 3. The molecule has 11 nitrogen and oxygen atoms in total. The van der Waals surface area contributed by atoms with E-state index in [1.165, 1.54) is 0 Å². The van der Waals surface area contributed by atoms with E-state index in [2.05, 4.69) is 16.0 Å². The summed E-state index contributed by atoms with van der Waals surface area (Å²) in [6, 6.07) is 8.09. The minimum Gasteiger partial charge on any atom is -0.345 e. The molecule has 3 fully saturated rings. The van der Waals surface area contributed by atoms with Crippen molar-refractivity contribution in [3.8, 4) is 0 Å². The summed E-state index contributed by atoms with van der Waals surface area (Å²) in [6.45, 7) is 8.19. The van der Waals surface area contributed by atoms with Crippen LogP contribution in [0, 0.1) is 0 Å². The largest absolute Gasteiger partial charge is 0.345 e. The number of carbonyl (C=O) groups is 3. The summed E-state index contributed by atoms with van der Waals surface area (Å²) in [4.78, 5) is 37.6. The SMILES string of the molecule is C[C@@H](NC(=O)CNC(=O)[C@H]1O[C@@H]2OC(C)(C)O[C@@H]2[C@H]2OC(C)(C)O[C@H]21)C(=O)Nc1ccccc1. The van der Waals surface area contributed by atoms with Gasteiger partial charge in [-0.2, -0.15) is 0 Å². The summed E-state index contributed by atoms with van der Waals surface area (Å²) in [5.74, 6) is -3.31. The summed E-state index contributed by atoms with van der Waals surface area (Å²) in [7, 11) is 0. The number of benzene rings is 1. The molecule has 11 heteroatoms. The van der Waals surface area contributed by atoms with Crippen molar-refractivity contribution >= 4 is 23.4 Å². The van der Waals surface area contributed by atoms with E-state index in [0.29, 0.717) is 5.69 Å². The average Bonchev–Trinajstić information content (AvgIpc) is 3.25. The van der Waals surface area contributed by atoms with Gasteiger partial charge >= 0.3 is 0 Å². The molecule has 3 saturated heterocycles. The van der Waals surface area contributed by atoms with Gasteiger partial charge in [-0.3, -0.25) is 14.4 Å². The fourth-order valence-electron chi connectivity index (χ4n) is 4.22. The molecule has 3 aliphatic rings. The van der Waals surface area contributed by atoms with Gasteiger partial charge in [0.25, 0.3) is 5.91 Å². The molecule has 0 unspecified atom stereocenters. The third-order valence-corrected chi connectivity index (χ3v) is 5.65. The summed E-state index contributed by atoms with van der Waals surface area (Å²) < 4.78 is 29.5. The van der Waals surface area contributed by atoms with Crippen LogP contribution in [0.2, 0.25) is 0 Å². The molecular weight excluding hydrogens is 446 g/mol. The highest BCUT2D eigenvalue weighted by molar-refractivity contribution is 5.97. The molecule has 3 N–H and O–H groups in total. The first-order chi connectivity index (χ1) is 15.9. The van der Waals surface area contributed by atoms with E-state index >= 15 is 0 Å². The number of hydrogen-bond acceptors (Lipinski definition) is 8. The Morgan fingerprint density at radius 2 is 1.53 bits per heavy atom. The van der Waals surface area contributed by atoms with Gasteiger partial charge in [-0.1, -0.05) is 18.2 Å². The Kier molecular flexibility index (Phi) is 6.67. The number of para-hydroxylation sites is 1. The number of fused-ring (bicyclic) bond motifs is 3. The maximum absolute atomic E-state index is 12.9. The van der Waals surface area contributed by atoms with Gasteiger partial charge in [-0.25, -0.2) is 0 Å². The van der Waals surface area contributed by atoms with Gasteiger partial charge in [0, 0.05) is 5.69 Å². The molecule has 0 radical (unpaired) electrons. The molecule has 1 aromatic rings. The van der Waals surface area contributed by atoms with Crippen molar-refractivity contribution in [2.45, 2.75) is 82.9 Å². The van der Waals surface area contributed by atoms with E-state index in [0.717, 1.165) is 0 Å². The fourth-order valence-corrected chi connectivity index (χ4v) is 4.22. The molecule has 0 bridgehead atoms. The molecule has 0 aromatic heterocycles. The number of hydrogen-bond donors (Lipinski definition) is 3. The fraction of sp³-hybridized carbons (Fsp3) is 0.609. The van der Waals surface area contributed by atoms with Gasteiger partial charge in [0.15, 0.2) is 24.0 Å². The van der Waals surface area contributed by atoms with Gasteiger partial charge in [0.2, 0.25) is 11.8 Å². The topological polar surface area (TPSA) is 133 Å². The molecule has 0 aliphatic carbocycles. The molecule has 186 valence electrons. The van der Waals surface area contributed by atoms with Crippen molar-refractivity contribution in [1.29, 1.82) is 0 Å². The maximum atomic E-state index is 12.9. The molecular formula is C23H31N3O8. The van der Waals surface area contributed by atoms with Crippen LogP contribution in [0.15, 0.2) is 30.3 Å². The van der Waals surface area contributed by atoms with Gasteiger partial charge in [-0.05, 0) is 46.8 Å². The van der Waals surface area contributed by atoms with Gasteiger partial charge in [0.1, 0.15) is 24.4 Å². The minimum absolute atomic E-state index is 0.347. The molecule has 34 heavy (non-hydrogen) atoms. The average molecular weight is 478 g/mol. The summed E-state index contributed by atoms with van der Waals surface area (Å²) in [6.07, 6.45) is -3.77. The van der Waals surface area contributed by atoms with Crippen LogP contribution in [0.5, 0.6) is 0 Å². The maximum Gasteiger partial charge on any atom is 0.252 e. The number of carbonyl (C=O) groups excluding carboxylic acids is 3. The predicted molar refractivity (Wildman–Crippen MR) is 118 cm³/mol. The van der Waals surface area contributed by atoms with E-state index in [9.17, 15) is 14.4 Å². The minimum atomic E-state index is -1.07. The van der Waals surface area contributed by atoms with Crippen LogP contribution in [0.3, 0.4) is 0 Å². The monoisotopic (exact) mass is 477 g/mol. The Bertz CT molecular complexity index is 937. The van der Waals surface area contributed by atoms with Crippen LogP contribution in [-0.4, -0.2) is 72.6 Å². The zero-order chi connectivity index (χ0) is 24.7. The number of ether oxygens (including phenoxy) is 5. The normalized spacial score (nSPS) is 31.6. The molecule has 3 aliphatic heterocycles. The Hall–Kier alpha value is -2.57. The third kappa shape index (κ3) is 5.39. The molecule has 3 heterocycles. The van der Waals surface area contributed by atoms with E-state index in [1.54, 1.807) is 58.9 Å². The molecule has 4 rings (SSSR count). The van der Waals surface area contributed by atoms with Crippen LogP contribution in [0.1, 0.15) is 34.6 Å². The van der Waals surface area contributed by atoms with Crippen LogP contribution in [0.4, 0.5) is 5.69 Å². The number of anilines is 1. The molecule has 1 aromatic carbocycles. The standard InChI is InChI=1S/C23H31N3O8/c1-12(19(28)26-13-9-7-6-8-10-13)25-14(27)11-24-20(29)17-15-16(32-22(2,3)31-15)18-21(30-17)34-23(4,5)33-18/h6-10,12,15-18,21H,11H2,1-5H3,(H,24,29)(H,25,27)(H,26,28)/t12-,15-,16+,17+,18-,21-/m1/s1. The highest BCUT2D eigenvalue weighted by atomic mass is 16.9. The Morgan fingerprint density at radius 3 is 2.24 bits per heavy atom. The molecule has 6 atom stereocenters. The smallest absolute Gasteiger partial charge is 0.252 e. The van der Waals surface area contributed by atoms with Gasteiger partial charge < -0.3 is 39.6 Å². The lowest BCUT2D eigenvalue weighted by Gasteiger charge is -2.36. The van der Waals surface area contributed by atoms with Gasteiger partial charge in [-0.15, -0.1) is 0 Å². The first kappa shape index (κ1) is 24.6. The lowest BCUT2D eigenvalue weighted by atomic mass is 9.98. The second-order valence-electron chi connectivity index (χ2n) is 9.45. The Morgan fingerprint density at radius 1 is 0.912 bits per heavy atom. The first-order valence-electron chi connectivity index (χ1n) is 11.2. The van der Waals surface area contributed by atoms with Crippen molar-refractivity contribution in [2.24, 2.45) is 0 Å². The second-order valence-corrected chi connectivity index (χ2v) is 9.45. The van der Waals surface area contributed by atoms with Gasteiger partial charge in [0.05, 0.1) is 6.54 Å². The van der Waals surface area contributed by atoms with Crippen LogP contribution < -0.4 is 16.0 Å². The molecule has 3 amide bonds. The van der Waals surface area contributed by atoms with Crippen LogP contribution in [0.25, 0.3) is 0 Å². The van der Waals surface area contributed by atoms with E-state index in [-0.39, 0.29) is 12.5 Å². The quantitative estimate of drug-likeness (QED) is 0.544. The second kappa shape index (κ2) is 9.23. The number of amides is 3. The third-order valence-electron chi connectivity index (χ3n) is 5.65. The van der Waals surface area contributed by atoms with E-state index < -0.39 is 60.1 Å². The molecule has 0 saturated carbocycles. The van der Waals surface area contributed by atoms with E-state index in [1.807, 2.05) is 6.07 Å². The van der Waals surface area contributed by atoms with E-state index in [4.69, 9.17) is 23.7 Å². The molecule has 0 spiro atoms. The highest BCUT2D eigenvalue weighted by Gasteiger charge is 2.62. The number of rotatable bonds is 6. The zero-order valence-electron chi connectivity index (χ0n) is 19.8. The summed E-state index contributed by atoms with van der Waals surface area (Å²) >= 11 is 0. The Balaban J connectivity index is 1.32. The summed E-state index contributed by atoms with van der Waals surface area (Å²) in [5, 5.41) is 7.81. The summed E-state index contributed by atoms with van der Waals surface area (Å²) in [5.41, 5.74) is 0.618. The van der Waals surface area contributed by atoms with Crippen molar-refractivity contribution in [3.05, 3.63) is 30.3 Å². The van der Waals surface area contributed by atoms with Crippen molar-refractivity contribution in [2.75, 3.05) is 11.9 Å². The first-order valence-corrected chi connectivity index (χ1v) is 11.2. The highest BCUT2D eigenvalue weighted by Crippen LogP contribution is 2.44. The zero-order valence-corrected chi connectivity index (χ0v) is 19.8.